The van der Waals surface area contributed by atoms with Crippen LogP contribution in [0.15, 0.2) is 0 Å². The molecule has 116 valence electrons. The number of carbonyl (C=O) groups excluding carboxylic acids is 1. The molecular formula is C15H27NO2S2. The molecule has 0 N–H and O–H groups in total. The molecule has 3 nitrogen and oxygen atoms in total. The minimum Gasteiger partial charge on any atom is -0.377 e. The molecule has 1 heterocycles. The Morgan fingerprint density at radius 3 is 2.35 bits per heavy atom. The van der Waals surface area contributed by atoms with Crippen LogP contribution in [0, 0.1) is 17.8 Å². The Labute approximate surface area is 132 Å². The van der Waals surface area contributed by atoms with Gasteiger partial charge in [0.25, 0.3) is 0 Å². The molecule has 1 aliphatic heterocycles. The van der Waals surface area contributed by atoms with Crippen LogP contribution >= 0.6 is 24.0 Å². The molecule has 0 bridgehead atoms. The summed E-state index contributed by atoms with van der Waals surface area (Å²) in [7, 11) is 1.68. The fourth-order valence-corrected chi connectivity index (χ4v) is 4.19. The van der Waals surface area contributed by atoms with Gasteiger partial charge in [0.15, 0.2) is 0 Å². The summed E-state index contributed by atoms with van der Waals surface area (Å²) in [6.07, 6.45) is 0. The molecule has 1 rings (SSSR count). The molecular weight excluding hydrogens is 290 g/mol. The van der Waals surface area contributed by atoms with Crippen LogP contribution in [-0.2, 0) is 9.53 Å². The molecule has 0 saturated carbocycles. The zero-order chi connectivity index (χ0) is 15.7. The molecule has 0 spiro atoms. The third-order valence-corrected chi connectivity index (χ3v) is 6.23. The van der Waals surface area contributed by atoms with E-state index >= 15 is 0 Å². The first kappa shape index (κ1) is 17.9. The summed E-state index contributed by atoms with van der Waals surface area (Å²) in [4.78, 5) is 14.8. The number of thioether (sulfide) groups is 1. The molecule has 1 saturated heterocycles. The van der Waals surface area contributed by atoms with Crippen molar-refractivity contribution in [3.63, 3.8) is 0 Å². The van der Waals surface area contributed by atoms with Crippen molar-refractivity contribution in [2.24, 2.45) is 17.8 Å². The van der Waals surface area contributed by atoms with Gasteiger partial charge >= 0.3 is 0 Å². The van der Waals surface area contributed by atoms with Gasteiger partial charge in [0.05, 0.1) is 11.5 Å². The number of amides is 1. The van der Waals surface area contributed by atoms with Crippen molar-refractivity contribution in [2.45, 2.75) is 53.2 Å². The molecule has 3 atom stereocenters. The molecule has 20 heavy (non-hydrogen) atoms. The van der Waals surface area contributed by atoms with Gasteiger partial charge in [-0.25, -0.2) is 0 Å². The van der Waals surface area contributed by atoms with Gasteiger partial charge in [-0.1, -0.05) is 58.6 Å². The molecule has 0 aromatic carbocycles. The molecule has 1 fully saturated rings. The van der Waals surface area contributed by atoms with Crippen molar-refractivity contribution in [1.29, 1.82) is 0 Å². The average molecular weight is 318 g/mol. The van der Waals surface area contributed by atoms with Gasteiger partial charge in [0, 0.05) is 18.9 Å². The summed E-state index contributed by atoms with van der Waals surface area (Å²) in [5.41, 5.74) is -0.471. The highest BCUT2D eigenvalue weighted by molar-refractivity contribution is 8.23. The van der Waals surface area contributed by atoms with Crippen molar-refractivity contribution < 1.29 is 9.53 Å². The van der Waals surface area contributed by atoms with Gasteiger partial charge in [0.1, 0.15) is 4.32 Å². The lowest BCUT2D eigenvalue weighted by atomic mass is 9.80. The number of hydrogen-bond donors (Lipinski definition) is 0. The molecule has 0 aliphatic carbocycles. The van der Waals surface area contributed by atoms with Crippen LogP contribution in [0.2, 0.25) is 0 Å². The van der Waals surface area contributed by atoms with E-state index in [2.05, 4.69) is 27.7 Å². The van der Waals surface area contributed by atoms with Gasteiger partial charge in [-0.05, 0) is 18.8 Å². The Kier molecular flexibility index (Phi) is 6.05. The largest absolute Gasteiger partial charge is 0.377 e. The first-order valence-corrected chi connectivity index (χ1v) is 8.61. The summed E-state index contributed by atoms with van der Waals surface area (Å²) in [6.45, 7) is 12.4. The predicted molar refractivity (Wildman–Crippen MR) is 89.9 cm³/mol. The summed E-state index contributed by atoms with van der Waals surface area (Å²) in [6, 6.07) is 0.204. The Morgan fingerprint density at radius 1 is 1.40 bits per heavy atom. The number of rotatable bonds is 5. The van der Waals surface area contributed by atoms with E-state index < -0.39 is 5.60 Å². The van der Waals surface area contributed by atoms with E-state index in [9.17, 15) is 4.79 Å². The molecule has 5 heteroatoms. The summed E-state index contributed by atoms with van der Waals surface area (Å²) < 4.78 is 6.39. The molecule has 0 aromatic rings. The second-order valence-electron chi connectivity index (χ2n) is 6.36. The van der Waals surface area contributed by atoms with E-state index in [1.807, 2.05) is 18.7 Å². The van der Waals surface area contributed by atoms with Gasteiger partial charge in [-0.2, -0.15) is 0 Å². The molecule has 1 amide bonds. The van der Waals surface area contributed by atoms with E-state index in [-0.39, 0.29) is 23.8 Å². The SMILES string of the molecule is CO[C@@](C)(C(C)C)[C@@H](C)C(=O)N1C(=S)SC[C@@H]1C(C)C. The lowest BCUT2D eigenvalue weighted by molar-refractivity contribution is -0.147. The highest BCUT2D eigenvalue weighted by atomic mass is 32.2. The maximum atomic E-state index is 12.9. The zero-order valence-corrected chi connectivity index (χ0v) is 15.2. The number of methoxy groups -OCH3 is 1. The first-order valence-electron chi connectivity index (χ1n) is 7.21. The number of carbonyl (C=O) groups is 1. The Bertz CT molecular complexity index is 384. The normalized spacial score (nSPS) is 24.4. The van der Waals surface area contributed by atoms with Crippen LogP contribution < -0.4 is 0 Å². The number of nitrogens with zero attached hydrogens (tertiary/aromatic N) is 1. The van der Waals surface area contributed by atoms with Gasteiger partial charge in [-0.15, -0.1) is 0 Å². The maximum Gasteiger partial charge on any atom is 0.234 e. The summed E-state index contributed by atoms with van der Waals surface area (Å²) in [5.74, 6) is 1.45. The fraction of sp³-hybridized carbons (Fsp3) is 0.867. The van der Waals surface area contributed by atoms with Crippen LogP contribution in [0.3, 0.4) is 0 Å². The van der Waals surface area contributed by atoms with Crippen molar-refractivity contribution in [3.8, 4) is 0 Å². The second-order valence-corrected chi connectivity index (χ2v) is 8.01. The quantitative estimate of drug-likeness (QED) is 0.725. The van der Waals surface area contributed by atoms with Crippen LogP contribution in [-0.4, -0.2) is 39.6 Å². The first-order chi connectivity index (χ1) is 9.16. The minimum atomic E-state index is -0.471. The van der Waals surface area contributed by atoms with E-state index in [1.54, 1.807) is 18.9 Å². The molecule has 0 aromatic heterocycles. The molecule has 1 aliphatic rings. The van der Waals surface area contributed by atoms with E-state index in [4.69, 9.17) is 17.0 Å². The third-order valence-electron chi connectivity index (χ3n) is 4.73. The Balaban J connectivity index is 3.01. The Morgan fingerprint density at radius 2 is 1.95 bits per heavy atom. The third kappa shape index (κ3) is 3.20. The second kappa shape index (κ2) is 6.75. The lowest BCUT2D eigenvalue weighted by Gasteiger charge is -2.40. The van der Waals surface area contributed by atoms with Crippen molar-refractivity contribution >= 4 is 34.2 Å². The minimum absolute atomic E-state index is 0.0942. The van der Waals surface area contributed by atoms with Crippen LogP contribution in [0.5, 0.6) is 0 Å². The lowest BCUT2D eigenvalue weighted by Crippen LogP contribution is -2.52. The highest BCUT2D eigenvalue weighted by Crippen LogP contribution is 2.35. The average Bonchev–Trinajstić information content (AvgIpc) is 2.77. The monoisotopic (exact) mass is 317 g/mol. The smallest absolute Gasteiger partial charge is 0.234 e. The van der Waals surface area contributed by atoms with Gasteiger partial charge in [-0.3, -0.25) is 9.69 Å². The van der Waals surface area contributed by atoms with Crippen molar-refractivity contribution in [2.75, 3.05) is 12.9 Å². The maximum absolute atomic E-state index is 12.9. The van der Waals surface area contributed by atoms with Crippen molar-refractivity contribution in [1.82, 2.24) is 4.90 Å². The summed E-state index contributed by atoms with van der Waals surface area (Å²) >= 11 is 6.99. The molecule has 0 radical (unpaired) electrons. The van der Waals surface area contributed by atoms with Gasteiger partial charge < -0.3 is 4.74 Å². The fourth-order valence-electron chi connectivity index (χ4n) is 2.55. The van der Waals surface area contributed by atoms with Crippen LogP contribution in [0.4, 0.5) is 0 Å². The highest BCUT2D eigenvalue weighted by Gasteiger charge is 2.45. The number of ether oxygens (including phenoxy) is 1. The van der Waals surface area contributed by atoms with E-state index in [0.717, 1.165) is 5.75 Å². The Hall–Kier alpha value is -0.130. The number of thiocarbonyl (C=S) groups is 1. The zero-order valence-electron chi connectivity index (χ0n) is 13.6. The predicted octanol–water partition coefficient (Wildman–Crippen LogP) is 3.57. The summed E-state index contributed by atoms with van der Waals surface area (Å²) in [5, 5.41) is 0. The van der Waals surface area contributed by atoms with E-state index in [1.165, 1.54) is 0 Å². The van der Waals surface area contributed by atoms with Crippen LogP contribution in [0.25, 0.3) is 0 Å². The standard InChI is InChI=1S/C15H27NO2S2/c1-9(2)12-8-20-14(19)16(12)13(17)11(5)15(6,18-7)10(3)4/h9-12H,8H2,1-7H3/t11-,12+,15-/m0/s1. The number of hydrogen-bond acceptors (Lipinski definition) is 4. The van der Waals surface area contributed by atoms with E-state index in [0.29, 0.717) is 10.2 Å². The van der Waals surface area contributed by atoms with Gasteiger partial charge in [0.2, 0.25) is 5.91 Å². The molecule has 0 unspecified atom stereocenters. The van der Waals surface area contributed by atoms with Crippen LogP contribution in [0.1, 0.15) is 41.5 Å². The van der Waals surface area contributed by atoms with Crippen molar-refractivity contribution in [3.05, 3.63) is 0 Å². The topological polar surface area (TPSA) is 29.5 Å².